The Labute approximate surface area is 184 Å². The van der Waals surface area contributed by atoms with Crippen LogP contribution in [0.5, 0.6) is 11.5 Å². The van der Waals surface area contributed by atoms with E-state index in [1.807, 2.05) is 13.0 Å². The Kier molecular flexibility index (Phi) is 7.23. The van der Waals surface area contributed by atoms with E-state index in [9.17, 15) is 9.59 Å². The van der Waals surface area contributed by atoms with E-state index in [1.165, 1.54) is 26.0 Å². The van der Waals surface area contributed by atoms with E-state index in [4.69, 9.17) is 21.1 Å². The van der Waals surface area contributed by atoms with E-state index in [1.54, 1.807) is 41.3 Å². The second-order valence-corrected chi connectivity index (χ2v) is 7.93. The van der Waals surface area contributed by atoms with Crippen LogP contribution in [-0.4, -0.2) is 47.9 Å². The number of carbonyl (C=O) groups is 2. The van der Waals surface area contributed by atoms with E-state index < -0.39 is 5.25 Å². The van der Waals surface area contributed by atoms with Gasteiger partial charge in [0.1, 0.15) is 16.7 Å². The first-order chi connectivity index (χ1) is 14.5. The van der Waals surface area contributed by atoms with E-state index in [-0.39, 0.29) is 18.2 Å². The molecular formula is C21H22ClN3O4S. The summed E-state index contributed by atoms with van der Waals surface area (Å²) >= 11 is 7.43. The number of amides is 2. The first kappa shape index (κ1) is 22.0. The highest BCUT2D eigenvalue weighted by atomic mass is 35.5. The fraction of sp³-hybridized carbons (Fsp3) is 0.286. The number of hydrogen-bond donors (Lipinski definition) is 1. The van der Waals surface area contributed by atoms with Gasteiger partial charge < -0.3 is 14.8 Å². The van der Waals surface area contributed by atoms with Gasteiger partial charge in [-0.15, -0.1) is 0 Å². The summed E-state index contributed by atoms with van der Waals surface area (Å²) in [6, 6.07) is 12.2. The first-order valence-electron chi connectivity index (χ1n) is 9.30. The molecule has 1 atom stereocenters. The number of rotatable bonds is 6. The van der Waals surface area contributed by atoms with Gasteiger partial charge in [0.15, 0.2) is 5.17 Å². The molecule has 0 aliphatic carbocycles. The van der Waals surface area contributed by atoms with Crippen molar-refractivity contribution in [1.82, 2.24) is 4.90 Å². The summed E-state index contributed by atoms with van der Waals surface area (Å²) in [6.45, 7) is 2.32. The zero-order valence-corrected chi connectivity index (χ0v) is 18.4. The molecule has 1 saturated heterocycles. The summed E-state index contributed by atoms with van der Waals surface area (Å²) in [5.74, 6) is 0.646. The number of halogens is 1. The molecule has 1 heterocycles. The second-order valence-electron chi connectivity index (χ2n) is 6.35. The lowest BCUT2D eigenvalue weighted by Gasteiger charge is -2.31. The van der Waals surface area contributed by atoms with Gasteiger partial charge in [0.25, 0.3) is 0 Å². The quantitative estimate of drug-likeness (QED) is 0.712. The molecule has 0 spiro atoms. The van der Waals surface area contributed by atoms with Crippen LogP contribution in [0.3, 0.4) is 0 Å². The van der Waals surface area contributed by atoms with Crippen molar-refractivity contribution in [2.24, 2.45) is 4.99 Å². The van der Waals surface area contributed by atoms with Crippen LogP contribution in [0.4, 0.5) is 11.4 Å². The maximum Gasteiger partial charge on any atom is 0.238 e. The van der Waals surface area contributed by atoms with Gasteiger partial charge in [0, 0.05) is 13.0 Å². The van der Waals surface area contributed by atoms with Gasteiger partial charge in [-0.3, -0.25) is 14.5 Å². The van der Waals surface area contributed by atoms with Crippen LogP contribution in [0.2, 0.25) is 5.02 Å². The van der Waals surface area contributed by atoms with E-state index in [0.717, 1.165) is 0 Å². The predicted molar refractivity (Wildman–Crippen MR) is 120 cm³/mol. The number of para-hydroxylation sites is 2. The Morgan fingerprint density at radius 1 is 1.23 bits per heavy atom. The minimum atomic E-state index is -0.613. The topological polar surface area (TPSA) is 80.2 Å². The third-order valence-corrected chi connectivity index (χ3v) is 5.96. The number of amidine groups is 1. The minimum Gasteiger partial charge on any atom is -0.495 e. The van der Waals surface area contributed by atoms with Gasteiger partial charge in [-0.05, 0) is 37.3 Å². The SMILES string of the molecule is CCN1C(=O)CC(C(=O)Nc2ccccc2OC)SC1=Nc1ccc(OC)c(Cl)c1. The van der Waals surface area contributed by atoms with Crippen LogP contribution in [-0.2, 0) is 9.59 Å². The smallest absolute Gasteiger partial charge is 0.238 e. The van der Waals surface area contributed by atoms with Crippen molar-refractivity contribution in [3.63, 3.8) is 0 Å². The van der Waals surface area contributed by atoms with Gasteiger partial charge in [-0.2, -0.15) is 0 Å². The maximum atomic E-state index is 12.9. The average Bonchev–Trinajstić information content (AvgIpc) is 2.74. The molecule has 1 fully saturated rings. The number of thioether (sulfide) groups is 1. The predicted octanol–water partition coefficient (Wildman–Crippen LogP) is 4.34. The Balaban J connectivity index is 1.84. The van der Waals surface area contributed by atoms with Crippen LogP contribution in [0.25, 0.3) is 0 Å². The van der Waals surface area contributed by atoms with Gasteiger partial charge in [0.05, 0.1) is 30.6 Å². The summed E-state index contributed by atoms with van der Waals surface area (Å²) in [5, 5.41) is 3.10. The zero-order chi connectivity index (χ0) is 21.7. The van der Waals surface area contributed by atoms with E-state index >= 15 is 0 Å². The number of carbonyl (C=O) groups excluding carboxylic acids is 2. The van der Waals surface area contributed by atoms with Gasteiger partial charge >= 0.3 is 0 Å². The van der Waals surface area contributed by atoms with Crippen LogP contribution in [0.1, 0.15) is 13.3 Å². The van der Waals surface area contributed by atoms with Crippen LogP contribution >= 0.6 is 23.4 Å². The standard InChI is InChI=1S/C21H22ClN3O4S/c1-4-25-19(26)12-18(20(27)24-15-7-5-6-8-17(15)29-3)30-21(25)23-13-9-10-16(28-2)14(22)11-13/h5-11,18H,4,12H2,1-3H3,(H,24,27). The number of ether oxygens (including phenoxy) is 2. The number of benzene rings is 2. The molecule has 2 aromatic rings. The summed E-state index contributed by atoms with van der Waals surface area (Å²) in [4.78, 5) is 31.7. The van der Waals surface area contributed by atoms with Gasteiger partial charge in [-0.1, -0.05) is 35.5 Å². The lowest BCUT2D eigenvalue weighted by Crippen LogP contribution is -2.45. The van der Waals surface area contributed by atoms with Crippen LogP contribution in [0.15, 0.2) is 47.5 Å². The molecule has 0 aromatic heterocycles. The number of aliphatic imine (C=N–C) groups is 1. The van der Waals surface area contributed by atoms with Crippen molar-refractivity contribution in [3.05, 3.63) is 47.5 Å². The second kappa shape index (κ2) is 9.86. The van der Waals surface area contributed by atoms with Crippen LogP contribution < -0.4 is 14.8 Å². The molecule has 30 heavy (non-hydrogen) atoms. The van der Waals surface area contributed by atoms with Crippen molar-refractivity contribution >= 4 is 51.7 Å². The molecule has 9 heteroatoms. The Morgan fingerprint density at radius 3 is 2.63 bits per heavy atom. The molecule has 2 amide bonds. The molecule has 0 radical (unpaired) electrons. The summed E-state index contributed by atoms with van der Waals surface area (Å²) in [6.07, 6.45) is 0.0852. The molecule has 3 rings (SSSR count). The largest absolute Gasteiger partial charge is 0.495 e. The molecule has 0 saturated carbocycles. The third-order valence-electron chi connectivity index (χ3n) is 4.47. The molecule has 1 aliphatic heterocycles. The van der Waals surface area contributed by atoms with Crippen molar-refractivity contribution in [3.8, 4) is 11.5 Å². The van der Waals surface area contributed by atoms with Gasteiger partial charge in [0.2, 0.25) is 11.8 Å². The number of hydrogen-bond acceptors (Lipinski definition) is 6. The fourth-order valence-electron chi connectivity index (χ4n) is 2.95. The maximum absolute atomic E-state index is 12.9. The molecule has 1 unspecified atom stereocenters. The lowest BCUT2D eigenvalue weighted by atomic mass is 10.2. The molecule has 1 aliphatic rings. The number of anilines is 1. The lowest BCUT2D eigenvalue weighted by molar-refractivity contribution is -0.129. The molecule has 158 valence electrons. The molecule has 7 nitrogen and oxygen atoms in total. The summed E-state index contributed by atoms with van der Waals surface area (Å²) in [5.41, 5.74) is 1.12. The first-order valence-corrected chi connectivity index (χ1v) is 10.6. The number of nitrogens with one attached hydrogen (secondary N) is 1. The molecular weight excluding hydrogens is 426 g/mol. The van der Waals surface area contributed by atoms with E-state index in [0.29, 0.717) is 39.6 Å². The fourth-order valence-corrected chi connectivity index (χ4v) is 4.36. The Bertz CT molecular complexity index is 982. The highest BCUT2D eigenvalue weighted by Gasteiger charge is 2.35. The average molecular weight is 448 g/mol. The number of nitrogens with zero attached hydrogens (tertiary/aromatic N) is 2. The molecule has 2 aromatic carbocycles. The molecule has 0 bridgehead atoms. The highest BCUT2D eigenvalue weighted by Crippen LogP contribution is 2.33. The summed E-state index contributed by atoms with van der Waals surface area (Å²) in [7, 11) is 3.07. The highest BCUT2D eigenvalue weighted by molar-refractivity contribution is 8.15. The Morgan fingerprint density at radius 2 is 1.97 bits per heavy atom. The van der Waals surface area contributed by atoms with Crippen molar-refractivity contribution in [2.45, 2.75) is 18.6 Å². The molecule has 1 N–H and O–H groups in total. The van der Waals surface area contributed by atoms with E-state index in [2.05, 4.69) is 10.3 Å². The monoisotopic (exact) mass is 447 g/mol. The zero-order valence-electron chi connectivity index (χ0n) is 16.8. The number of methoxy groups -OCH3 is 2. The van der Waals surface area contributed by atoms with Crippen LogP contribution in [0, 0.1) is 0 Å². The Hall–Kier alpha value is -2.71. The normalized spacial score (nSPS) is 17.7. The summed E-state index contributed by atoms with van der Waals surface area (Å²) < 4.78 is 10.4. The third kappa shape index (κ3) is 4.88. The minimum absolute atomic E-state index is 0.0852. The van der Waals surface area contributed by atoms with Gasteiger partial charge in [-0.25, -0.2) is 4.99 Å². The van der Waals surface area contributed by atoms with Crippen molar-refractivity contribution in [1.29, 1.82) is 0 Å². The van der Waals surface area contributed by atoms with Crippen molar-refractivity contribution < 1.29 is 19.1 Å². The van der Waals surface area contributed by atoms with Crippen molar-refractivity contribution in [2.75, 3.05) is 26.1 Å².